The summed E-state index contributed by atoms with van der Waals surface area (Å²) in [6.07, 6.45) is 2.50. The van der Waals surface area contributed by atoms with Gasteiger partial charge in [0.1, 0.15) is 0 Å². The molecule has 1 aromatic carbocycles. The molecule has 2 heterocycles. The topological polar surface area (TPSA) is 59.8 Å². The lowest BCUT2D eigenvalue weighted by Gasteiger charge is -2.07. The van der Waals surface area contributed by atoms with E-state index in [0.29, 0.717) is 12.1 Å². The van der Waals surface area contributed by atoms with E-state index in [-0.39, 0.29) is 5.91 Å². The van der Waals surface area contributed by atoms with Crippen molar-refractivity contribution in [2.75, 3.05) is 6.54 Å². The number of hydrogen-bond donors (Lipinski definition) is 1. The van der Waals surface area contributed by atoms with Crippen LogP contribution in [0.15, 0.2) is 48.7 Å². The molecule has 0 bridgehead atoms. The summed E-state index contributed by atoms with van der Waals surface area (Å²) in [6.45, 7) is 6.58. The summed E-state index contributed by atoms with van der Waals surface area (Å²) >= 11 is 0. The molecule has 3 aromatic rings. The van der Waals surface area contributed by atoms with E-state index in [1.165, 1.54) is 0 Å². The zero-order valence-electron chi connectivity index (χ0n) is 14.8. The third-order valence-corrected chi connectivity index (χ3v) is 4.25. The molecule has 128 valence electrons. The predicted molar refractivity (Wildman–Crippen MR) is 98.0 cm³/mol. The van der Waals surface area contributed by atoms with E-state index in [1.54, 1.807) is 6.20 Å². The Morgan fingerprint density at radius 1 is 1.12 bits per heavy atom. The first-order valence-electron chi connectivity index (χ1n) is 8.37. The van der Waals surface area contributed by atoms with Gasteiger partial charge in [-0.25, -0.2) is 9.67 Å². The van der Waals surface area contributed by atoms with Gasteiger partial charge in [0.2, 0.25) is 0 Å². The van der Waals surface area contributed by atoms with Crippen LogP contribution in [-0.4, -0.2) is 27.2 Å². The first-order chi connectivity index (χ1) is 12.1. The van der Waals surface area contributed by atoms with E-state index < -0.39 is 0 Å². The number of aryl methyl sites for hydroxylation is 2. The highest BCUT2D eigenvalue weighted by Crippen LogP contribution is 2.17. The van der Waals surface area contributed by atoms with Crippen LogP contribution in [0.2, 0.25) is 0 Å². The second-order valence-electron chi connectivity index (χ2n) is 6.12. The molecule has 0 fully saturated rings. The molecule has 0 saturated carbocycles. The summed E-state index contributed by atoms with van der Waals surface area (Å²) in [6, 6.07) is 13.4. The molecule has 3 rings (SSSR count). The molecular formula is C20H22N4O. The Morgan fingerprint density at radius 3 is 2.68 bits per heavy atom. The molecule has 1 N–H and O–H groups in total. The molecule has 5 nitrogen and oxygen atoms in total. The number of aromatic nitrogens is 3. The van der Waals surface area contributed by atoms with Crippen LogP contribution < -0.4 is 5.32 Å². The highest BCUT2D eigenvalue weighted by Gasteiger charge is 2.13. The molecular weight excluding hydrogens is 312 g/mol. The lowest BCUT2D eigenvalue weighted by atomic mass is 10.1. The number of nitrogens with one attached hydrogen (secondary N) is 1. The van der Waals surface area contributed by atoms with Gasteiger partial charge in [-0.3, -0.25) is 4.79 Å². The van der Waals surface area contributed by atoms with Gasteiger partial charge in [-0.2, -0.15) is 5.10 Å². The molecule has 2 aromatic heterocycles. The fourth-order valence-corrected chi connectivity index (χ4v) is 2.93. The van der Waals surface area contributed by atoms with Crippen LogP contribution >= 0.6 is 0 Å². The smallest absolute Gasteiger partial charge is 0.251 e. The number of carbonyl (C=O) groups excluding carboxylic acids is 1. The van der Waals surface area contributed by atoms with Crippen LogP contribution in [0.4, 0.5) is 0 Å². The molecule has 0 atom stereocenters. The highest BCUT2D eigenvalue weighted by atomic mass is 16.1. The fraction of sp³-hybridized carbons (Fsp3) is 0.250. The zero-order valence-corrected chi connectivity index (χ0v) is 14.8. The first-order valence-corrected chi connectivity index (χ1v) is 8.37. The van der Waals surface area contributed by atoms with Gasteiger partial charge in [0, 0.05) is 24.0 Å². The van der Waals surface area contributed by atoms with Crippen molar-refractivity contribution < 1.29 is 4.79 Å². The first kappa shape index (κ1) is 16.9. The largest absolute Gasteiger partial charge is 0.352 e. The van der Waals surface area contributed by atoms with Crippen molar-refractivity contribution in [2.45, 2.75) is 27.2 Å². The van der Waals surface area contributed by atoms with E-state index in [9.17, 15) is 4.79 Å². The maximum Gasteiger partial charge on any atom is 0.251 e. The lowest BCUT2D eigenvalue weighted by Crippen LogP contribution is -2.26. The third-order valence-electron chi connectivity index (χ3n) is 4.25. The van der Waals surface area contributed by atoms with E-state index in [4.69, 9.17) is 0 Å². The average Bonchev–Trinajstić information content (AvgIpc) is 2.90. The summed E-state index contributed by atoms with van der Waals surface area (Å²) in [4.78, 5) is 16.6. The fourth-order valence-electron chi connectivity index (χ4n) is 2.93. The van der Waals surface area contributed by atoms with Crippen molar-refractivity contribution in [3.05, 3.63) is 76.7 Å². The van der Waals surface area contributed by atoms with Gasteiger partial charge in [-0.15, -0.1) is 0 Å². The molecule has 0 spiro atoms. The average molecular weight is 334 g/mol. The Morgan fingerprint density at radius 2 is 1.96 bits per heavy atom. The SMILES string of the molecule is Cc1cccc(C(=O)NCCc2c(C)nn(-c3ccccn3)c2C)c1. The van der Waals surface area contributed by atoms with Gasteiger partial charge in [0.25, 0.3) is 5.91 Å². The highest BCUT2D eigenvalue weighted by molar-refractivity contribution is 5.94. The minimum absolute atomic E-state index is 0.0453. The van der Waals surface area contributed by atoms with Crippen molar-refractivity contribution >= 4 is 5.91 Å². The lowest BCUT2D eigenvalue weighted by molar-refractivity contribution is 0.0954. The maximum atomic E-state index is 12.2. The maximum absolute atomic E-state index is 12.2. The number of benzene rings is 1. The van der Waals surface area contributed by atoms with Gasteiger partial charge in [-0.05, 0) is 57.0 Å². The molecule has 0 aliphatic rings. The molecule has 0 aliphatic heterocycles. The number of carbonyl (C=O) groups is 1. The van der Waals surface area contributed by atoms with Crippen LogP contribution in [0.1, 0.15) is 32.9 Å². The number of nitrogens with zero attached hydrogens (tertiary/aromatic N) is 3. The second kappa shape index (κ2) is 7.30. The number of pyridine rings is 1. The molecule has 25 heavy (non-hydrogen) atoms. The molecule has 5 heteroatoms. The van der Waals surface area contributed by atoms with Gasteiger partial charge in [0.15, 0.2) is 5.82 Å². The van der Waals surface area contributed by atoms with Crippen molar-refractivity contribution in [2.24, 2.45) is 0 Å². The van der Waals surface area contributed by atoms with Crippen LogP contribution in [-0.2, 0) is 6.42 Å². The summed E-state index contributed by atoms with van der Waals surface area (Å²) < 4.78 is 1.85. The van der Waals surface area contributed by atoms with Crippen molar-refractivity contribution in [1.29, 1.82) is 0 Å². The van der Waals surface area contributed by atoms with E-state index in [0.717, 1.165) is 34.8 Å². The molecule has 0 aliphatic carbocycles. The second-order valence-corrected chi connectivity index (χ2v) is 6.12. The van der Waals surface area contributed by atoms with Crippen molar-refractivity contribution in [3.63, 3.8) is 0 Å². The standard InChI is InChI=1S/C20H22N4O/c1-14-7-6-8-17(13-14)20(25)22-12-10-18-15(2)23-24(16(18)3)19-9-4-5-11-21-19/h4-9,11,13H,10,12H2,1-3H3,(H,22,25). The Balaban J connectivity index is 1.68. The van der Waals surface area contributed by atoms with Crippen LogP contribution in [0.3, 0.4) is 0 Å². The minimum Gasteiger partial charge on any atom is -0.352 e. The van der Waals surface area contributed by atoms with Gasteiger partial charge < -0.3 is 5.32 Å². The molecule has 1 amide bonds. The third kappa shape index (κ3) is 3.76. The molecule has 0 radical (unpaired) electrons. The summed E-state index contributed by atoms with van der Waals surface area (Å²) in [7, 11) is 0. The van der Waals surface area contributed by atoms with Gasteiger partial charge >= 0.3 is 0 Å². The van der Waals surface area contributed by atoms with Crippen LogP contribution in [0.25, 0.3) is 5.82 Å². The number of hydrogen-bond acceptors (Lipinski definition) is 3. The normalized spacial score (nSPS) is 10.7. The zero-order chi connectivity index (χ0) is 17.8. The van der Waals surface area contributed by atoms with Crippen LogP contribution in [0, 0.1) is 20.8 Å². The van der Waals surface area contributed by atoms with Gasteiger partial charge in [0.05, 0.1) is 5.69 Å². The summed E-state index contributed by atoms with van der Waals surface area (Å²) in [5.41, 5.74) is 4.94. The quantitative estimate of drug-likeness (QED) is 0.780. The Kier molecular flexibility index (Phi) is 4.93. The van der Waals surface area contributed by atoms with Crippen molar-refractivity contribution in [1.82, 2.24) is 20.1 Å². The van der Waals surface area contributed by atoms with E-state index >= 15 is 0 Å². The van der Waals surface area contributed by atoms with E-state index in [1.807, 2.05) is 67.9 Å². The van der Waals surface area contributed by atoms with E-state index in [2.05, 4.69) is 15.4 Å². The monoisotopic (exact) mass is 334 g/mol. The van der Waals surface area contributed by atoms with Gasteiger partial charge in [-0.1, -0.05) is 23.8 Å². The number of rotatable bonds is 5. The van der Waals surface area contributed by atoms with Crippen molar-refractivity contribution in [3.8, 4) is 5.82 Å². The predicted octanol–water partition coefficient (Wildman–Crippen LogP) is 3.17. The Bertz CT molecular complexity index is 884. The molecule has 0 unspecified atom stereocenters. The Labute approximate surface area is 147 Å². The summed E-state index contributed by atoms with van der Waals surface area (Å²) in [5, 5.41) is 7.58. The molecule has 0 saturated heterocycles. The number of amides is 1. The minimum atomic E-state index is -0.0453. The Hall–Kier alpha value is -2.95. The van der Waals surface area contributed by atoms with Crippen LogP contribution in [0.5, 0.6) is 0 Å². The summed E-state index contributed by atoms with van der Waals surface area (Å²) in [5.74, 6) is 0.759.